The molecule has 6 heteroatoms. The molecule has 0 aliphatic heterocycles. The fraction of sp³-hybridized carbons (Fsp3) is 0.200. The molecule has 1 fully saturated rings. The zero-order valence-corrected chi connectivity index (χ0v) is 15.7. The van der Waals surface area contributed by atoms with Gasteiger partial charge in [0.1, 0.15) is 0 Å². The van der Waals surface area contributed by atoms with Gasteiger partial charge in [-0.2, -0.15) is 0 Å². The summed E-state index contributed by atoms with van der Waals surface area (Å²) in [6.45, 7) is 0. The number of rotatable bonds is 5. The topological polar surface area (TPSA) is 55.1 Å². The SMILES string of the molecule is CSc1ccc(NC(=O)C2(c3cc(-c4ccc(Cl)cc4)on3)CC2)cc1. The van der Waals surface area contributed by atoms with Crippen molar-refractivity contribution in [3.8, 4) is 11.3 Å². The van der Waals surface area contributed by atoms with E-state index in [1.165, 1.54) is 0 Å². The van der Waals surface area contributed by atoms with Crippen LogP contribution in [-0.2, 0) is 10.2 Å². The molecular formula is C20H17ClN2O2S. The van der Waals surface area contributed by atoms with E-state index < -0.39 is 5.41 Å². The molecule has 1 aliphatic rings. The normalized spacial score (nSPS) is 14.8. The third-order valence-electron chi connectivity index (χ3n) is 4.66. The van der Waals surface area contributed by atoms with Crippen LogP contribution >= 0.6 is 23.4 Å². The minimum absolute atomic E-state index is 0.0367. The van der Waals surface area contributed by atoms with Crippen molar-refractivity contribution in [2.75, 3.05) is 11.6 Å². The van der Waals surface area contributed by atoms with Crippen molar-refractivity contribution in [2.24, 2.45) is 0 Å². The minimum atomic E-state index is -0.591. The molecular weight excluding hydrogens is 368 g/mol. The van der Waals surface area contributed by atoms with E-state index in [1.807, 2.05) is 48.7 Å². The van der Waals surface area contributed by atoms with E-state index in [-0.39, 0.29) is 5.91 Å². The molecule has 1 amide bonds. The van der Waals surface area contributed by atoms with E-state index in [4.69, 9.17) is 16.1 Å². The lowest BCUT2D eigenvalue weighted by molar-refractivity contribution is -0.118. The van der Waals surface area contributed by atoms with Gasteiger partial charge in [0.2, 0.25) is 5.91 Å². The summed E-state index contributed by atoms with van der Waals surface area (Å²) in [7, 11) is 0. The summed E-state index contributed by atoms with van der Waals surface area (Å²) in [6, 6.07) is 17.0. The summed E-state index contributed by atoms with van der Waals surface area (Å²) >= 11 is 7.59. The molecule has 1 saturated carbocycles. The molecule has 0 spiro atoms. The number of nitrogens with zero attached hydrogens (tertiary/aromatic N) is 1. The first-order valence-electron chi connectivity index (χ1n) is 8.29. The number of benzene rings is 2. The van der Waals surface area contributed by atoms with Crippen LogP contribution in [0.1, 0.15) is 18.5 Å². The fourth-order valence-corrected chi connectivity index (χ4v) is 3.43. The molecule has 2 aromatic carbocycles. The van der Waals surface area contributed by atoms with Crippen LogP contribution in [0, 0.1) is 0 Å². The number of halogens is 1. The van der Waals surface area contributed by atoms with Crippen LogP contribution in [0.15, 0.2) is 64.0 Å². The highest BCUT2D eigenvalue weighted by Gasteiger charge is 2.53. The summed E-state index contributed by atoms with van der Waals surface area (Å²) in [5.41, 5.74) is 1.77. The monoisotopic (exact) mass is 384 g/mol. The highest BCUT2D eigenvalue weighted by molar-refractivity contribution is 7.98. The average molecular weight is 385 g/mol. The van der Waals surface area contributed by atoms with Crippen molar-refractivity contribution in [3.05, 3.63) is 65.3 Å². The molecule has 0 unspecified atom stereocenters. The fourth-order valence-electron chi connectivity index (χ4n) is 2.90. The molecule has 1 N–H and O–H groups in total. The van der Waals surface area contributed by atoms with Crippen LogP contribution in [0.25, 0.3) is 11.3 Å². The van der Waals surface area contributed by atoms with Crippen molar-refractivity contribution in [1.29, 1.82) is 0 Å². The predicted octanol–water partition coefficient (Wildman–Crippen LogP) is 5.39. The zero-order chi connectivity index (χ0) is 18.1. The van der Waals surface area contributed by atoms with Crippen molar-refractivity contribution >= 4 is 35.0 Å². The molecule has 1 aliphatic carbocycles. The van der Waals surface area contributed by atoms with Gasteiger partial charge >= 0.3 is 0 Å². The van der Waals surface area contributed by atoms with Crippen molar-refractivity contribution < 1.29 is 9.32 Å². The molecule has 4 nitrogen and oxygen atoms in total. The van der Waals surface area contributed by atoms with Gasteiger partial charge in [-0.25, -0.2) is 0 Å². The number of aromatic nitrogens is 1. The van der Waals surface area contributed by atoms with E-state index in [0.717, 1.165) is 29.0 Å². The predicted molar refractivity (Wildman–Crippen MR) is 105 cm³/mol. The smallest absolute Gasteiger partial charge is 0.236 e. The molecule has 26 heavy (non-hydrogen) atoms. The Morgan fingerprint density at radius 1 is 1.15 bits per heavy atom. The molecule has 4 rings (SSSR count). The first-order chi connectivity index (χ1) is 12.6. The Kier molecular flexibility index (Phi) is 4.51. The lowest BCUT2D eigenvalue weighted by Crippen LogP contribution is -2.28. The van der Waals surface area contributed by atoms with Gasteiger partial charge in [0.05, 0.1) is 11.1 Å². The second-order valence-corrected chi connectivity index (χ2v) is 7.66. The van der Waals surface area contributed by atoms with E-state index in [2.05, 4.69) is 10.5 Å². The number of amides is 1. The van der Waals surface area contributed by atoms with E-state index >= 15 is 0 Å². The van der Waals surface area contributed by atoms with Crippen LogP contribution in [-0.4, -0.2) is 17.3 Å². The van der Waals surface area contributed by atoms with E-state index in [9.17, 15) is 4.79 Å². The van der Waals surface area contributed by atoms with Gasteiger partial charge in [0.15, 0.2) is 5.76 Å². The first kappa shape index (κ1) is 17.2. The zero-order valence-electron chi connectivity index (χ0n) is 14.2. The van der Waals surface area contributed by atoms with E-state index in [0.29, 0.717) is 16.5 Å². The largest absolute Gasteiger partial charge is 0.356 e. The third kappa shape index (κ3) is 3.24. The van der Waals surface area contributed by atoms with Crippen LogP contribution in [0.4, 0.5) is 5.69 Å². The van der Waals surface area contributed by atoms with Crippen molar-refractivity contribution in [1.82, 2.24) is 5.16 Å². The van der Waals surface area contributed by atoms with Gasteiger partial charge in [0.25, 0.3) is 0 Å². The Morgan fingerprint density at radius 3 is 2.46 bits per heavy atom. The van der Waals surface area contributed by atoms with Gasteiger partial charge in [-0.05, 0) is 67.6 Å². The average Bonchev–Trinajstić information content (AvgIpc) is 3.33. The number of thioether (sulfide) groups is 1. The molecule has 1 aromatic heterocycles. The third-order valence-corrected chi connectivity index (χ3v) is 5.66. The number of carbonyl (C=O) groups excluding carboxylic acids is 1. The Morgan fingerprint density at radius 2 is 1.85 bits per heavy atom. The molecule has 3 aromatic rings. The first-order valence-corrected chi connectivity index (χ1v) is 9.90. The molecule has 0 radical (unpaired) electrons. The Balaban J connectivity index is 1.53. The van der Waals surface area contributed by atoms with Crippen LogP contribution in [0.3, 0.4) is 0 Å². The second kappa shape index (κ2) is 6.82. The Labute approximate surface area is 160 Å². The van der Waals surface area contributed by atoms with Crippen molar-refractivity contribution in [3.63, 3.8) is 0 Å². The molecule has 132 valence electrons. The van der Waals surface area contributed by atoms with Gasteiger partial charge in [-0.15, -0.1) is 11.8 Å². The quantitative estimate of drug-likeness (QED) is 0.599. The number of anilines is 1. The van der Waals surface area contributed by atoms with Gasteiger partial charge in [-0.1, -0.05) is 16.8 Å². The number of hydrogen-bond donors (Lipinski definition) is 1. The van der Waals surface area contributed by atoms with Gasteiger partial charge < -0.3 is 9.84 Å². The maximum atomic E-state index is 12.8. The lowest BCUT2D eigenvalue weighted by atomic mass is 10.00. The molecule has 0 bridgehead atoms. The van der Waals surface area contributed by atoms with Gasteiger partial charge in [-0.3, -0.25) is 4.79 Å². The summed E-state index contributed by atoms with van der Waals surface area (Å²) in [5, 5.41) is 7.84. The van der Waals surface area contributed by atoms with Crippen LogP contribution in [0.5, 0.6) is 0 Å². The summed E-state index contributed by atoms with van der Waals surface area (Å²) in [4.78, 5) is 14.0. The second-order valence-electron chi connectivity index (χ2n) is 6.35. The van der Waals surface area contributed by atoms with Crippen LogP contribution in [0.2, 0.25) is 5.02 Å². The Hall–Kier alpha value is -2.24. The molecule has 0 saturated heterocycles. The highest BCUT2D eigenvalue weighted by Crippen LogP contribution is 2.49. The maximum Gasteiger partial charge on any atom is 0.236 e. The molecule has 1 heterocycles. The summed E-state index contributed by atoms with van der Waals surface area (Å²) in [5.74, 6) is 0.602. The van der Waals surface area contributed by atoms with E-state index in [1.54, 1.807) is 23.9 Å². The maximum absolute atomic E-state index is 12.8. The molecule has 0 atom stereocenters. The van der Waals surface area contributed by atoms with Crippen molar-refractivity contribution in [2.45, 2.75) is 23.2 Å². The number of carbonyl (C=O) groups is 1. The number of nitrogens with one attached hydrogen (secondary N) is 1. The number of hydrogen-bond acceptors (Lipinski definition) is 4. The summed E-state index contributed by atoms with van der Waals surface area (Å²) in [6.07, 6.45) is 3.57. The lowest BCUT2D eigenvalue weighted by Gasteiger charge is -2.12. The minimum Gasteiger partial charge on any atom is -0.356 e. The standard InChI is InChI=1S/C20H17ClN2O2S/c1-26-16-8-6-15(7-9-16)22-19(24)20(10-11-20)18-12-17(25-23-18)13-2-4-14(21)5-3-13/h2-9,12H,10-11H2,1H3,(H,22,24). The van der Waals surface area contributed by atoms with Crippen LogP contribution < -0.4 is 5.32 Å². The Bertz CT molecular complexity index is 931. The van der Waals surface area contributed by atoms with Gasteiger partial charge in [0, 0.05) is 27.2 Å². The summed E-state index contributed by atoms with van der Waals surface area (Å²) < 4.78 is 5.47. The highest BCUT2D eigenvalue weighted by atomic mass is 35.5.